The molecule has 4 nitrogen and oxygen atoms in total. The highest BCUT2D eigenvalue weighted by Gasteiger charge is 2.23. The van der Waals surface area contributed by atoms with E-state index in [2.05, 4.69) is 25.9 Å². The van der Waals surface area contributed by atoms with Gasteiger partial charge in [-0.05, 0) is 24.3 Å². The van der Waals surface area contributed by atoms with E-state index in [1.165, 1.54) is 4.68 Å². The van der Waals surface area contributed by atoms with E-state index >= 15 is 0 Å². The van der Waals surface area contributed by atoms with Crippen LogP contribution in [0.15, 0.2) is 12.4 Å². The van der Waals surface area contributed by atoms with Gasteiger partial charge in [0, 0.05) is 6.20 Å². The van der Waals surface area contributed by atoms with E-state index in [1.807, 2.05) is 6.20 Å². The quantitative estimate of drug-likeness (QED) is 0.836. The van der Waals surface area contributed by atoms with Gasteiger partial charge in [-0.25, -0.2) is 4.79 Å². The van der Waals surface area contributed by atoms with Gasteiger partial charge in [-0.1, -0.05) is 27.2 Å². The molecule has 0 amide bonds. The second kappa shape index (κ2) is 4.68. The maximum absolute atomic E-state index is 10.8. The summed E-state index contributed by atoms with van der Waals surface area (Å²) in [5, 5.41) is 13.0. The molecule has 16 heavy (non-hydrogen) atoms. The highest BCUT2D eigenvalue weighted by atomic mass is 16.4. The molecule has 4 heteroatoms. The Morgan fingerprint density at radius 1 is 1.62 bits per heavy atom. The van der Waals surface area contributed by atoms with E-state index in [9.17, 15) is 4.79 Å². The molecule has 0 fully saturated rings. The van der Waals surface area contributed by atoms with Crippen LogP contribution in [0.4, 0.5) is 0 Å². The third kappa shape index (κ3) is 2.62. The standard InChI is InChI=1S/C12H20N2O2/c1-5-6-12(3,4)10-7-13-14(8-10)9(2)11(15)16/h7-9H,5-6H2,1-4H3,(H,15,16). The molecule has 1 rings (SSSR count). The van der Waals surface area contributed by atoms with Gasteiger partial charge in [0.05, 0.1) is 6.20 Å². The van der Waals surface area contributed by atoms with Crippen molar-refractivity contribution in [2.75, 3.05) is 0 Å². The molecule has 1 aromatic rings. The molecular weight excluding hydrogens is 204 g/mol. The SMILES string of the molecule is CCCC(C)(C)c1cnn(C(C)C(=O)O)c1. The van der Waals surface area contributed by atoms with Crippen LogP contribution in [0.25, 0.3) is 0 Å². The number of carboxylic acids is 1. The summed E-state index contributed by atoms with van der Waals surface area (Å²) in [6, 6.07) is -0.605. The van der Waals surface area contributed by atoms with Crippen molar-refractivity contribution in [1.29, 1.82) is 0 Å². The average Bonchev–Trinajstić information content (AvgIpc) is 2.65. The lowest BCUT2D eigenvalue weighted by atomic mass is 9.82. The first-order chi connectivity index (χ1) is 7.38. The van der Waals surface area contributed by atoms with E-state index in [4.69, 9.17) is 5.11 Å². The van der Waals surface area contributed by atoms with Gasteiger partial charge in [0.15, 0.2) is 0 Å². The molecule has 0 spiro atoms. The van der Waals surface area contributed by atoms with E-state index < -0.39 is 12.0 Å². The number of nitrogens with zero attached hydrogens (tertiary/aromatic N) is 2. The fraction of sp³-hybridized carbons (Fsp3) is 0.667. The third-order valence-corrected chi connectivity index (χ3v) is 3.01. The summed E-state index contributed by atoms with van der Waals surface area (Å²) in [6.07, 6.45) is 5.79. The van der Waals surface area contributed by atoms with Crippen LogP contribution in [0.3, 0.4) is 0 Å². The van der Waals surface area contributed by atoms with Gasteiger partial charge in [-0.3, -0.25) is 4.68 Å². The fourth-order valence-electron chi connectivity index (χ4n) is 1.78. The van der Waals surface area contributed by atoms with Crippen LogP contribution in [-0.4, -0.2) is 20.9 Å². The first-order valence-electron chi connectivity index (χ1n) is 5.66. The molecular formula is C12H20N2O2. The van der Waals surface area contributed by atoms with Crippen molar-refractivity contribution < 1.29 is 9.90 Å². The van der Waals surface area contributed by atoms with Gasteiger partial charge in [-0.15, -0.1) is 0 Å². The minimum atomic E-state index is -0.858. The number of hydrogen-bond donors (Lipinski definition) is 1. The molecule has 1 aromatic heterocycles. The number of hydrogen-bond acceptors (Lipinski definition) is 2. The molecule has 90 valence electrons. The van der Waals surface area contributed by atoms with Gasteiger partial charge in [0.25, 0.3) is 0 Å². The lowest BCUT2D eigenvalue weighted by Gasteiger charge is -2.22. The number of carbonyl (C=O) groups is 1. The summed E-state index contributed by atoms with van der Waals surface area (Å²) in [5.41, 5.74) is 1.16. The van der Waals surface area contributed by atoms with Gasteiger partial charge in [0.2, 0.25) is 0 Å². The molecule has 0 aromatic carbocycles. The smallest absolute Gasteiger partial charge is 0.328 e. The normalized spacial score (nSPS) is 13.8. The van der Waals surface area contributed by atoms with Crippen molar-refractivity contribution in [3.8, 4) is 0 Å². The third-order valence-electron chi connectivity index (χ3n) is 3.01. The van der Waals surface area contributed by atoms with Gasteiger partial charge in [-0.2, -0.15) is 5.10 Å². The fourth-order valence-corrected chi connectivity index (χ4v) is 1.78. The Balaban J connectivity index is 2.90. The van der Waals surface area contributed by atoms with E-state index in [-0.39, 0.29) is 5.41 Å². The maximum atomic E-state index is 10.8. The highest BCUT2D eigenvalue weighted by Crippen LogP contribution is 2.28. The molecule has 0 saturated heterocycles. The Morgan fingerprint density at radius 2 is 2.25 bits per heavy atom. The van der Waals surface area contributed by atoms with Crippen molar-refractivity contribution in [3.05, 3.63) is 18.0 Å². The zero-order chi connectivity index (χ0) is 12.3. The van der Waals surface area contributed by atoms with Crippen LogP contribution in [-0.2, 0) is 10.2 Å². The predicted octanol–water partition coefficient (Wildman–Crippen LogP) is 2.61. The van der Waals surface area contributed by atoms with Crippen molar-refractivity contribution in [1.82, 2.24) is 9.78 Å². The molecule has 0 aliphatic rings. The molecule has 1 atom stereocenters. The molecule has 0 aliphatic heterocycles. The summed E-state index contributed by atoms with van der Waals surface area (Å²) in [7, 11) is 0. The second-order valence-electron chi connectivity index (χ2n) is 4.86. The summed E-state index contributed by atoms with van der Waals surface area (Å²) >= 11 is 0. The van der Waals surface area contributed by atoms with Crippen LogP contribution in [0.5, 0.6) is 0 Å². The van der Waals surface area contributed by atoms with Crippen molar-refractivity contribution in [2.24, 2.45) is 0 Å². The molecule has 0 radical (unpaired) electrons. The maximum Gasteiger partial charge on any atom is 0.328 e. The van der Waals surface area contributed by atoms with Crippen LogP contribution in [0.1, 0.15) is 52.1 Å². The van der Waals surface area contributed by atoms with Crippen LogP contribution < -0.4 is 0 Å². The highest BCUT2D eigenvalue weighted by molar-refractivity contribution is 5.71. The molecule has 1 heterocycles. The minimum Gasteiger partial charge on any atom is -0.480 e. The monoisotopic (exact) mass is 224 g/mol. The average molecular weight is 224 g/mol. The van der Waals surface area contributed by atoms with Crippen LogP contribution in [0, 0.1) is 0 Å². The first-order valence-corrected chi connectivity index (χ1v) is 5.66. The Kier molecular flexibility index (Phi) is 3.73. The molecule has 1 unspecified atom stereocenters. The number of aliphatic carboxylic acids is 1. The zero-order valence-electron chi connectivity index (χ0n) is 10.4. The van der Waals surface area contributed by atoms with Crippen molar-refractivity contribution in [2.45, 2.75) is 52.0 Å². The molecule has 0 saturated carbocycles. The van der Waals surface area contributed by atoms with Crippen LogP contribution in [0.2, 0.25) is 0 Å². The zero-order valence-corrected chi connectivity index (χ0v) is 10.4. The van der Waals surface area contributed by atoms with E-state index in [0.717, 1.165) is 18.4 Å². The number of carboxylic acid groups (broad SMARTS) is 1. The van der Waals surface area contributed by atoms with Gasteiger partial charge >= 0.3 is 5.97 Å². The van der Waals surface area contributed by atoms with E-state index in [1.54, 1.807) is 13.1 Å². The van der Waals surface area contributed by atoms with Gasteiger partial charge < -0.3 is 5.11 Å². The summed E-state index contributed by atoms with van der Waals surface area (Å²) in [4.78, 5) is 10.8. The Hall–Kier alpha value is -1.32. The van der Waals surface area contributed by atoms with Crippen LogP contribution >= 0.6 is 0 Å². The largest absolute Gasteiger partial charge is 0.480 e. The number of rotatable bonds is 5. The topological polar surface area (TPSA) is 55.1 Å². The molecule has 0 aliphatic carbocycles. The predicted molar refractivity (Wildman–Crippen MR) is 62.5 cm³/mol. The van der Waals surface area contributed by atoms with Gasteiger partial charge in [0.1, 0.15) is 6.04 Å². The number of aromatic nitrogens is 2. The second-order valence-corrected chi connectivity index (χ2v) is 4.86. The Bertz CT molecular complexity index is 369. The molecule has 0 bridgehead atoms. The summed E-state index contributed by atoms with van der Waals surface area (Å²) in [6.45, 7) is 8.09. The molecule has 1 N–H and O–H groups in total. The Morgan fingerprint density at radius 3 is 2.75 bits per heavy atom. The van der Waals surface area contributed by atoms with Crippen molar-refractivity contribution in [3.63, 3.8) is 0 Å². The van der Waals surface area contributed by atoms with E-state index in [0.29, 0.717) is 0 Å². The van der Waals surface area contributed by atoms with Crippen molar-refractivity contribution >= 4 is 5.97 Å². The summed E-state index contributed by atoms with van der Waals surface area (Å²) < 4.78 is 1.51. The first kappa shape index (κ1) is 12.7. The summed E-state index contributed by atoms with van der Waals surface area (Å²) in [5.74, 6) is -0.858. The lowest BCUT2D eigenvalue weighted by Crippen LogP contribution is -2.17. The Labute approximate surface area is 96.3 Å². The lowest BCUT2D eigenvalue weighted by molar-refractivity contribution is -0.140. The minimum absolute atomic E-state index is 0.0607.